The Morgan fingerprint density at radius 1 is 1.18 bits per heavy atom. The summed E-state index contributed by atoms with van der Waals surface area (Å²) in [5.41, 5.74) is 3.68. The second kappa shape index (κ2) is 7.38. The minimum absolute atomic E-state index is 0.0839. The van der Waals surface area contributed by atoms with Crippen LogP contribution in [0.15, 0.2) is 53.0 Å². The summed E-state index contributed by atoms with van der Waals surface area (Å²) in [7, 11) is 0. The van der Waals surface area contributed by atoms with E-state index in [2.05, 4.69) is 15.9 Å². The SMILES string of the molecule is Cc1ccc(Br)c(C(=O)O)c1C/C=C(\CO)c1ccccc1. The van der Waals surface area contributed by atoms with E-state index in [1.165, 1.54) is 0 Å². The summed E-state index contributed by atoms with van der Waals surface area (Å²) in [5.74, 6) is -0.954. The highest BCUT2D eigenvalue weighted by atomic mass is 79.9. The number of rotatable bonds is 5. The number of aromatic carboxylic acids is 1. The molecule has 0 aliphatic carbocycles. The molecule has 0 bridgehead atoms. The van der Waals surface area contributed by atoms with E-state index < -0.39 is 5.97 Å². The molecule has 0 atom stereocenters. The van der Waals surface area contributed by atoms with E-state index in [0.29, 0.717) is 10.9 Å². The molecule has 0 aliphatic rings. The van der Waals surface area contributed by atoms with Gasteiger partial charge in [-0.25, -0.2) is 4.79 Å². The maximum absolute atomic E-state index is 11.5. The lowest BCUT2D eigenvalue weighted by atomic mass is 9.96. The summed E-state index contributed by atoms with van der Waals surface area (Å²) in [4.78, 5) is 11.5. The van der Waals surface area contributed by atoms with Crippen LogP contribution in [0.1, 0.15) is 27.0 Å². The third kappa shape index (κ3) is 3.64. The smallest absolute Gasteiger partial charge is 0.337 e. The predicted octanol–water partition coefficient (Wildman–Crippen LogP) is 4.07. The molecule has 3 nitrogen and oxygen atoms in total. The molecule has 0 saturated carbocycles. The molecule has 0 saturated heterocycles. The van der Waals surface area contributed by atoms with Crippen molar-refractivity contribution >= 4 is 27.5 Å². The van der Waals surface area contributed by atoms with Crippen molar-refractivity contribution < 1.29 is 15.0 Å². The molecule has 2 rings (SSSR count). The van der Waals surface area contributed by atoms with E-state index in [0.717, 1.165) is 22.3 Å². The summed E-state index contributed by atoms with van der Waals surface area (Å²) in [6, 6.07) is 13.2. The molecule has 0 amide bonds. The Balaban J connectivity index is 2.40. The number of aliphatic hydroxyl groups excluding tert-OH is 1. The van der Waals surface area contributed by atoms with Crippen molar-refractivity contribution in [2.45, 2.75) is 13.3 Å². The summed E-state index contributed by atoms with van der Waals surface area (Å²) < 4.78 is 0.569. The lowest BCUT2D eigenvalue weighted by molar-refractivity contribution is 0.0694. The quantitative estimate of drug-likeness (QED) is 0.844. The molecule has 0 aliphatic heterocycles. The molecule has 2 aromatic carbocycles. The van der Waals surface area contributed by atoms with Gasteiger partial charge in [-0.2, -0.15) is 0 Å². The van der Waals surface area contributed by atoms with Gasteiger partial charge in [0.25, 0.3) is 0 Å². The first-order valence-electron chi connectivity index (χ1n) is 6.91. The van der Waals surface area contributed by atoms with Gasteiger partial charge in [0.2, 0.25) is 0 Å². The van der Waals surface area contributed by atoms with Crippen LogP contribution in [0, 0.1) is 6.92 Å². The van der Waals surface area contributed by atoms with Crippen molar-refractivity contribution in [1.29, 1.82) is 0 Å². The Morgan fingerprint density at radius 2 is 1.86 bits per heavy atom. The lowest BCUT2D eigenvalue weighted by Gasteiger charge is -2.11. The van der Waals surface area contributed by atoms with E-state index in [9.17, 15) is 15.0 Å². The highest BCUT2D eigenvalue weighted by Crippen LogP contribution is 2.26. The van der Waals surface area contributed by atoms with Gasteiger partial charge in [0, 0.05) is 4.47 Å². The van der Waals surface area contributed by atoms with Gasteiger partial charge in [-0.15, -0.1) is 0 Å². The fraction of sp³-hybridized carbons (Fsp3) is 0.167. The Hall–Kier alpha value is -1.91. The van der Waals surface area contributed by atoms with Crippen molar-refractivity contribution in [1.82, 2.24) is 0 Å². The minimum atomic E-state index is -0.954. The Kier molecular flexibility index (Phi) is 5.52. The second-order valence-corrected chi connectivity index (χ2v) is 5.83. The number of carboxylic acids is 1. The van der Waals surface area contributed by atoms with Crippen LogP contribution in [0.25, 0.3) is 5.57 Å². The fourth-order valence-electron chi connectivity index (χ4n) is 2.37. The number of aliphatic hydroxyl groups is 1. The fourth-order valence-corrected chi connectivity index (χ4v) is 2.91. The number of allylic oxidation sites excluding steroid dienone is 1. The highest BCUT2D eigenvalue weighted by molar-refractivity contribution is 9.10. The topological polar surface area (TPSA) is 57.5 Å². The van der Waals surface area contributed by atoms with Crippen LogP contribution in [-0.4, -0.2) is 22.8 Å². The van der Waals surface area contributed by atoms with Gasteiger partial charge in [-0.05, 0) is 57.6 Å². The molecule has 0 heterocycles. The Labute approximate surface area is 138 Å². The van der Waals surface area contributed by atoms with E-state index >= 15 is 0 Å². The maximum Gasteiger partial charge on any atom is 0.337 e. The van der Waals surface area contributed by atoms with Crippen LogP contribution in [0.4, 0.5) is 0 Å². The monoisotopic (exact) mass is 360 g/mol. The number of carbonyl (C=O) groups is 1. The van der Waals surface area contributed by atoms with E-state index in [4.69, 9.17) is 0 Å². The van der Waals surface area contributed by atoms with E-state index in [-0.39, 0.29) is 12.2 Å². The molecular weight excluding hydrogens is 344 g/mol. The number of benzene rings is 2. The largest absolute Gasteiger partial charge is 0.478 e. The number of carboxylic acid groups (broad SMARTS) is 1. The van der Waals surface area contributed by atoms with Gasteiger partial charge in [-0.1, -0.05) is 42.5 Å². The van der Waals surface area contributed by atoms with Crippen molar-refractivity contribution in [3.8, 4) is 0 Å². The minimum Gasteiger partial charge on any atom is -0.478 e. The van der Waals surface area contributed by atoms with Crippen LogP contribution in [0.5, 0.6) is 0 Å². The average Bonchev–Trinajstić information content (AvgIpc) is 2.51. The molecule has 2 N–H and O–H groups in total. The molecule has 2 aromatic rings. The molecule has 0 fully saturated rings. The third-order valence-electron chi connectivity index (χ3n) is 3.58. The summed E-state index contributed by atoms with van der Waals surface area (Å²) in [5, 5.41) is 19.0. The first-order chi connectivity index (χ1) is 10.5. The lowest BCUT2D eigenvalue weighted by Crippen LogP contribution is -2.06. The van der Waals surface area contributed by atoms with Crippen LogP contribution in [0.3, 0.4) is 0 Å². The van der Waals surface area contributed by atoms with Crippen LogP contribution < -0.4 is 0 Å². The number of halogens is 1. The molecule has 0 spiro atoms. The van der Waals surface area contributed by atoms with Crippen molar-refractivity contribution in [3.05, 3.63) is 75.3 Å². The maximum atomic E-state index is 11.5. The van der Waals surface area contributed by atoms with Gasteiger partial charge < -0.3 is 10.2 Å². The first kappa shape index (κ1) is 16.5. The molecule has 0 radical (unpaired) electrons. The van der Waals surface area contributed by atoms with Gasteiger partial charge in [0.1, 0.15) is 0 Å². The van der Waals surface area contributed by atoms with Crippen molar-refractivity contribution in [3.63, 3.8) is 0 Å². The Bertz CT molecular complexity index is 706. The molecule has 22 heavy (non-hydrogen) atoms. The Morgan fingerprint density at radius 3 is 2.45 bits per heavy atom. The van der Waals surface area contributed by atoms with Crippen LogP contribution in [-0.2, 0) is 6.42 Å². The van der Waals surface area contributed by atoms with Gasteiger partial charge in [0.15, 0.2) is 0 Å². The van der Waals surface area contributed by atoms with Gasteiger partial charge >= 0.3 is 5.97 Å². The molecule has 114 valence electrons. The van der Waals surface area contributed by atoms with Gasteiger partial charge in [0.05, 0.1) is 12.2 Å². The van der Waals surface area contributed by atoms with Crippen LogP contribution >= 0.6 is 15.9 Å². The van der Waals surface area contributed by atoms with Crippen molar-refractivity contribution in [2.24, 2.45) is 0 Å². The molecule has 0 aromatic heterocycles. The first-order valence-corrected chi connectivity index (χ1v) is 7.70. The van der Waals surface area contributed by atoms with Crippen molar-refractivity contribution in [2.75, 3.05) is 6.61 Å². The normalized spacial score (nSPS) is 11.5. The predicted molar refractivity (Wildman–Crippen MR) is 91.0 cm³/mol. The van der Waals surface area contributed by atoms with Gasteiger partial charge in [-0.3, -0.25) is 0 Å². The summed E-state index contributed by atoms with van der Waals surface area (Å²) >= 11 is 3.30. The van der Waals surface area contributed by atoms with E-state index in [1.54, 1.807) is 6.07 Å². The average molecular weight is 361 g/mol. The zero-order chi connectivity index (χ0) is 16.1. The number of hydrogen-bond acceptors (Lipinski definition) is 2. The summed E-state index contributed by atoms with van der Waals surface area (Å²) in [6.07, 6.45) is 2.34. The second-order valence-electron chi connectivity index (χ2n) is 4.98. The zero-order valence-electron chi connectivity index (χ0n) is 12.2. The van der Waals surface area contributed by atoms with E-state index in [1.807, 2.05) is 49.4 Å². The molecular formula is C18H17BrO3. The zero-order valence-corrected chi connectivity index (χ0v) is 13.8. The highest BCUT2D eigenvalue weighted by Gasteiger charge is 2.15. The third-order valence-corrected chi connectivity index (χ3v) is 4.24. The van der Waals surface area contributed by atoms with Crippen LogP contribution in [0.2, 0.25) is 0 Å². The number of aryl methyl sites for hydroxylation is 1. The standard InChI is InChI=1S/C18H17BrO3/c1-12-7-10-16(19)17(18(21)22)15(12)9-8-14(11-20)13-5-3-2-4-6-13/h2-8,10,20H,9,11H2,1H3,(H,21,22)/b14-8+. The number of hydrogen-bond donors (Lipinski definition) is 2. The molecule has 0 unspecified atom stereocenters. The molecule has 4 heteroatoms. The summed E-state index contributed by atoms with van der Waals surface area (Å²) in [6.45, 7) is 1.81.